The van der Waals surface area contributed by atoms with Gasteiger partial charge in [-0.05, 0) is 30.3 Å². The average molecular weight is 467 g/mol. The molecule has 1 aromatic carbocycles. The van der Waals surface area contributed by atoms with E-state index in [-0.39, 0.29) is 17.3 Å². The number of nitrogen functional groups attached to an aromatic ring is 1. The Hall–Kier alpha value is -4.98. The lowest BCUT2D eigenvalue weighted by atomic mass is 9.95. The van der Waals surface area contributed by atoms with Crippen LogP contribution < -0.4 is 11.1 Å². The summed E-state index contributed by atoms with van der Waals surface area (Å²) in [6.07, 6.45) is 3.36. The first kappa shape index (κ1) is 21.8. The number of nitriles is 1. The number of halogens is 1. The minimum atomic E-state index is -0.413. The number of nitrogens with two attached hydrogens (primary N) is 1. The van der Waals surface area contributed by atoms with Crippen LogP contribution in [-0.2, 0) is 6.42 Å². The first-order valence-electron chi connectivity index (χ1n) is 10.6. The van der Waals surface area contributed by atoms with Crippen molar-refractivity contribution < 1.29 is 8.81 Å². The van der Waals surface area contributed by atoms with E-state index in [1.807, 2.05) is 18.2 Å². The Balaban J connectivity index is 1.65. The van der Waals surface area contributed by atoms with Gasteiger partial charge in [-0.3, -0.25) is 9.97 Å². The van der Waals surface area contributed by atoms with Crippen molar-refractivity contribution in [2.75, 3.05) is 17.6 Å². The lowest BCUT2D eigenvalue weighted by molar-refractivity contribution is 0.533. The smallest absolute Gasteiger partial charge is 0.249 e. The number of pyridine rings is 2. The quantitative estimate of drug-likeness (QED) is 0.378. The third kappa shape index (κ3) is 4.20. The molecule has 0 unspecified atom stereocenters. The molecule has 5 rings (SSSR count). The molecule has 0 aliphatic rings. The SMILES string of the molecule is Cc1nnc(-c2c(-c3ccccn3)c(CCNc3ncnc(N)c3C#N)nc3ccc(F)cc23)o1. The highest BCUT2D eigenvalue weighted by atomic mass is 19.1. The fourth-order valence-electron chi connectivity index (χ4n) is 3.82. The van der Waals surface area contributed by atoms with Gasteiger partial charge in [0.2, 0.25) is 11.8 Å². The first-order chi connectivity index (χ1) is 17.0. The summed E-state index contributed by atoms with van der Waals surface area (Å²) < 4.78 is 20.1. The van der Waals surface area contributed by atoms with Crippen LogP contribution in [0, 0.1) is 24.1 Å². The standard InChI is InChI=1S/C24H18FN9O/c1-13-33-34-24(35-13)20-15-10-14(25)5-6-17(15)32-19(21(20)18-4-2-3-8-28-18)7-9-29-23-16(11-26)22(27)30-12-31-23/h2-6,8,10,12H,7,9H2,1H3,(H3,27,29,30,31). The highest BCUT2D eigenvalue weighted by molar-refractivity contribution is 6.00. The molecule has 4 aromatic heterocycles. The van der Waals surface area contributed by atoms with Gasteiger partial charge in [0.25, 0.3) is 0 Å². The van der Waals surface area contributed by atoms with E-state index in [0.29, 0.717) is 58.1 Å². The van der Waals surface area contributed by atoms with Crippen molar-refractivity contribution in [1.82, 2.24) is 30.1 Å². The molecule has 5 aromatic rings. The zero-order valence-electron chi connectivity index (χ0n) is 18.5. The van der Waals surface area contributed by atoms with E-state index in [2.05, 4.69) is 30.5 Å². The van der Waals surface area contributed by atoms with E-state index in [9.17, 15) is 9.65 Å². The van der Waals surface area contributed by atoms with E-state index in [1.165, 1.54) is 18.5 Å². The Kier molecular flexibility index (Phi) is 5.68. The van der Waals surface area contributed by atoms with Crippen molar-refractivity contribution in [3.05, 3.63) is 71.9 Å². The summed E-state index contributed by atoms with van der Waals surface area (Å²) >= 11 is 0. The van der Waals surface area contributed by atoms with Gasteiger partial charge < -0.3 is 15.5 Å². The highest BCUT2D eigenvalue weighted by Crippen LogP contribution is 2.38. The van der Waals surface area contributed by atoms with E-state index in [4.69, 9.17) is 15.1 Å². The number of hydrogen-bond acceptors (Lipinski definition) is 10. The van der Waals surface area contributed by atoms with Gasteiger partial charge in [-0.25, -0.2) is 14.4 Å². The molecule has 0 fully saturated rings. The van der Waals surface area contributed by atoms with Crippen LogP contribution in [0.2, 0.25) is 0 Å². The summed E-state index contributed by atoms with van der Waals surface area (Å²) in [5, 5.41) is 21.2. The number of fused-ring (bicyclic) bond motifs is 1. The van der Waals surface area contributed by atoms with Gasteiger partial charge in [0, 0.05) is 37.0 Å². The molecule has 0 aliphatic carbocycles. The van der Waals surface area contributed by atoms with Crippen molar-refractivity contribution in [2.45, 2.75) is 13.3 Å². The Morgan fingerprint density at radius 3 is 2.74 bits per heavy atom. The second-order valence-electron chi connectivity index (χ2n) is 7.58. The summed E-state index contributed by atoms with van der Waals surface area (Å²) in [5.74, 6) is 0.630. The fourth-order valence-corrected chi connectivity index (χ4v) is 3.82. The Morgan fingerprint density at radius 1 is 1.11 bits per heavy atom. The zero-order valence-corrected chi connectivity index (χ0v) is 18.5. The zero-order chi connectivity index (χ0) is 24.4. The van der Waals surface area contributed by atoms with E-state index in [0.717, 1.165) is 0 Å². The number of nitrogens with zero attached hydrogens (tertiary/aromatic N) is 7. The van der Waals surface area contributed by atoms with E-state index in [1.54, 1.807) is 25.3 Å². The fraction of sp³-hybridized carbons (Fsp3) is 0.125. The molecule has 10 nitrogen and oxygen atoms in total. The van der Waals surface area contributed by atoms with Crippen molar-refractivity contribution in [1.29, 1.82) is 5.26 Å². The summed E-state index contributed by atoms with van der Waals surface area (Å²) in [6.45, 7) is 2.05. The molecule has 4 heterocycles. The maximum Gasteiger partial charge on any atom is 0.249 e. The molecule has 11 heteroatoms. The van der Waals surface area contributed by atoms with Gasteiger partial charge in [-0.15, -0.1) is 10.2 Å². The molecule has 0 spiro atoms. The van der Waals surface area contributed by atoms with Gasteiger partial charge >= 0.3 is 0 Å². The molecule has 0 aliphatic heterocycles. The second kappa shape index (κ2) is 9.11. The molecule has 0 atom stereocenters. The van der Waals surface area contributed by atoms with Crippen LogP contribution in [0.25, 0.3) is 33.6 Å². The third-order valence-electron chi connectivity index (χ3n) is 5.33. The van der Waals surface area contributed by atoms with Crippen molar-refractivity contribution in [3.63, 3.8) is 0 Å². The van der Waals surface area contributed by atoms with E-state index < -0.39 is 5.82 Å². The Bertz CT molecular complexity index is 1580. The predicted molar refractivity (Wildman–Crippen MR) is 126 cm³/mol. The molecular weight excluding hydrogens is 449 g/mol. The topological polar surface area (TPSA) is 152 Å². The van der Waals surface area contributed by atoms with Crippen LogP contribution in [-0.4, -0.2) is 36.7 Å². The number of nitrogens with one attached hydrogen (secondary N) is 1. The lowest BCUT2D eigenvalue weighted by Gasteiger charge is -2.16. The third-order valence-corrected chi connectivity index (χ3v) is 5.33. The largest absolute Gasteiger partial charge is 0.421 e. The van der Waals surface area contributed by atoms with Crippen LogP contribution in [0.5, 0.6) is 0 Å². The summed E-state index contributed by atoms with van der Waals surface area (Å²) in [4.78, 5) is 17.3. The Morgan fingerprint density at radius 2 is 2.00 bits per heavy atom. The number of rotatable bonds is 6. The number of aryl methyl sites for hydroxylation is 1. The van der Waals surface area contributed by atoms with Crippen LogP contribution in [0.1, 0.15) is 17.1 Å². The molecule has 0 radical (unpaired) electrons. The number of benzene rings is 1. The van der Waals surface area contributed by atoms with E-state index >= 15 is 0 Å². The van der Waals surface area contributed by atoms with Crippen molar-refractivity contribution in [2.24, 2.45) is 0 Å². The molecular formula is C24H18FN9O. The molecule has 0 amide bonds. The molecule has 0 saturated carbocycles. The van der Waals surface area contributed by atoms with Gasteiger partial charge in [0.15, 0.2) is 0 Å². The number of hydrogen-bond donors (Lipinski definition) is 2. The summed E-state index contributed by atoms with van der Waals surface area (Å²) in [5.41, 5.74) is 9.01. The molecule has 172 valence electrons. The first-order valence-corrected chi connectivity index (χ1v) is 10.6. The molecule has 0 saturated heterocycles. The number of aromatic nitrogens is 6. The number of anilines is 2. The van der Waals surface area contributed by atoms with Crippen LogP contribution in [0.4, 0.5) is 16.0 Å². The van der Waals surface area contributed by atoms with Crippen molar-refractivity contribution in [3.8, 4) is 28.8 Å². The average Bonchev–Trinajstić information content (AvgIpc) is 3.30. The van der Waals surface area contributed by atoms with Gasteiger partial charge in [-0.2, -0.15) is 5.26 Å². The van der Waals surface area contributed by atoms with Crippen LogP contribution >= 0.6 is 0 Å². The maximum absolute atomic E-state index is 14.3. The van der Waals surface area contributed by atoms with Crippen LogP contribution in [0.15, 0.2) is 53.3 Å². The summed E-state index contributed by atoms with van der Waals surface area (Å²) in [6, 6.07) is 11.9. The predicted octanol–water partition coefficient (Wildman–Crippen LogP) is 3.69. The van der Waals surface area contributed by atoms with Crippen LogP contribution in [0.3, 0.4) is 0 Å². The second-order valence-corrected chi connectivity index (χ2v) is 7.58. The molecule has 3 N–H and O–H groups in total. The van der Waals surface area contributed by atoms with Gasteiger partial charge in [-0.1, -0.05) is 6.07 Å². The Labute approximate surface area is 198 Å². The highest BCUT2D eigenvalue weighted by Gasteiger charge is 2.23. The van der Waals surface area contributed by atoms with Crippen molar-refractivity contribution >= 4 is 22.5 Å². The minimum Gasteiger partial charge on any atom is -0.421 e. The normalized spacial score (nSPS) is 10.9. The summed E-state index contributed by atoms with van der Waals surface area (Å²) in [7, 11) is 0. The molecule has 35 heavy (non-hydrogen) atoms. The monoisotopic (exact) mass is 467 g/mol. The lowest BCUT2D eigenvalue weighted by Crippen LogP contribution is -2.12. The minimum absolute atomic E-state index is 0.0964. The van der Waals surface area contributed by atoms with Gasteiger partial charge in [0.1, 0.15) is 35.4 Å². The maximum atomic E-state index is 14.3. The molecule has 0 bridgehead atoms. The van der Waals surface area contributed by atoms with Gasteiger partial charge in [0.05, 0.1) is 22.5 Å².